The van der Waals surface area contributed by atoms with Crippen LogP contribution in [0.1, 0.15) is 60.4 Å². The topological polar surface area (TPSA) is 9.23 Å². The number of alkyl halides is 3. The van der Waals surface area contributed by atoms with Crippen molar-refractivity contribution in [2.45, 2.75) is 64.5 Å². The zero-order valence-electron chi connectivity index (χ0n) is 22.4. The molecule has 1 nitrogen and oxygen atoms in total. The Morgan fingerprint density at radius 3 is 2.02 bits per heavy atom. The second-order valence-electron chi connectivity index (χ2n) is 10.1. The molecule has 0 aliphatic carbocycles. The quantitative estimate of drug-likeness (QED) is 0.124. The van der Waals surface area contributed by atoms with Crippen LogP contribution in [0.4, 0.5) is 26.3 Å². The molecule has 4 aromatic rings. The molecule has 0 fully saturated rings. The summed E-state index contributed by atoms with van der Waals surface area (Å²) in [6.45, 7) is 2.53. The van der Waals surface area contributed by atoms with Gasteiger partial charge in [0, 0.05) is 23.1 Å². The van der Waals surface area contributed by atoms with Crippen LogP contribution in [0.15, 0.2) is 66.7 Å². The normalized spacial score (nSPS) is 11.8. The summed E-state index contributed by atoms with van der Waals surface area (Å²) in [5.41, 5.74) is 1.25. The van der Waals surface area contributed by atoms with Crippen molar-refractivity contribution in [1.29, 1.82) is 0 Å². The molecule has 0 heterocycles. The number of unbranched alkanes of at least 4 members (excludes halogenated alkanes) is 3. The van der Waals surface area contributed by atoms with E-state index in [2.05, 4.69) is 6.92 Å². The predicted molar refractivity (Wildman–Crippen MR) is 146 cm³/mol. The van der Waals surface area contributed by atoms with Crippen LogP contribution in [0.5, 0.6) is 5.75 Å². The van der Waals surface area contributed by atoms with E-state index >= 15 is 4.39 Å². The Morgan fingerprint density at radius 1 is 0.675 bits per heavy atom. The van der Waals surface area contributed by atoms with E-state index in [-0.39, 0.29) is 23.6 Å². The minimum atomic E-state index is -4.39. The highest BCUT2D eigenvalue weighted by Gasteiger charge is 2.29. The maximum absolute atomic E-state index is 15.2. The Labute approximate surface area is 230 Å². The summed E-state index contributed by atoms with van der Waals surface area (Å²) < 4.78 is 88.3. The smallest absolute Gasteiger partial charge is 0.416 e. The van der Waals surface area contributed by atoms with Crippen LogP contribution < -0.4 is 4.74 Å². The molecule has 40 heavy (non-hydrogen) atoms. The molecule has 4 aromatic carbocycles. The third-order valence-electron chi connectivity index (χ3n) is 7.11. The van der Waals surface area contributed by atoms with Crippen LogP contribution in [-0.2, 0) is 31.9 Å². The summed E-state index contributed by atoms with van der Waals surface area (Å²) in [5.74, 6) is -1.48. The third kappa shape index (κ3) is 7.58. The van der Waals surface area contributed by atoms with Gasteiger partial charge in [0.05, 0.1) is 12.2 Å². The van der Waals surface area contributed by atoms with E-state index in [0.29, 0.717) is 47.8 Å². The lowest BCUT2D eigenvalue weighted by Crippen LogP contribution is -2.04. The molecule has 0 bridgehead atoms. The van der Waals surface area contributed by atoms with Gasteiger partial charge in [0.15, 0.2) is 0 Å². The van der Waals surface area contributed by atoms with Crippen molar-refractivity contribution in [2.24, 2.45) is 0 Å². The van der Waals surface area contributed by atoms with Crippen LogP contribution >= 0.6 is 0 Å². The van der Waals surface area contributed by atoms with Gasteiger partial charge in [-0.15, -0.1) is 0 Å². The molecule has 0 aliphatic rings. The van der Waals surface area contributed by atoms with Crippen molar-refractivity contribution in [3.63, 3.8) is 0 Å². The van der Waals surface area contributed by atoms with Gasteiger partial charge in [-0.05, 0) is 66.3 Å². The Kier molecular flexibility index (Phi) is 9.77. The minimum absolute atomic E-state index is 0.0109. The molecule has 0 saturated carbocycles. The van der Waals surface area contributed by atoms with Gasteiger partial charge in [-0.1, -0.05) is 68.7 Å². The summed E-state index contributed by atoms with van der Waals surface area (Å²) in [5, 5.41) is 1.09. The summed E-state index contributed by atoms with van der Waals surface area (Å²) in [6, 6.07) is 16.0. The van der Waals surface area contributed by atoms with Crippen molar-refractivity contribution in [1.82, 2.24) is 0 Å². The van der Waals surface area contributed by atoms with Gasteiger partial charge >= 0.3 is 6.18 Å². The number of aryl methyl sites for hydroxylation is 3. The molecule has 0 aromatic heterocycles. The van der Waals surface area contributed by atoms with Gasteiger partial charge in [-0.25, -0.2) is 13.2 Å². The van der Waals surface area contributed by atoms with E-state index in [1.165, 1.54) is 24.3 Å². The Balaban J connectivity index is 1.38. The third-order valence-corrected chi connectivity index (χ3v) is 7.11. The average Bonchev–Trinajstić information content (AvgIpc) is 2.92. The van der Waals surface area contributed by atoms with E-state index in [1.807, 2.05) is 6.07 Å². The predicted octanol–water partition coefficient (Wildman–Crippen LogP) is 9.81. The second-order valence-corrected chi connectivity index (χ2v) is 10.1. The number of hydrogen-bond donors (Lipinski definition) is 0. The molecule has 0 radical (unpaired) electrons. The monoisotopic (exact) mass is 558 g/mol. The van der Waals surface area contributed by atoms with Crippen molar-refractivity contribution >= 4 is 10.8 Å². The Morgan fingerprint density at radius 2 is 1.35 bits per heavy atom. The number of halogens is 6. The summed E-state index contributed by atoms with van der Waals surface area (Å²) in [6.07, 6.45) is 0.911. The molecule has 0 aliphatic heterocycles. The highest BCUT2D eigenvalue weighted by atomic mass is 19.4. The lowest BCUT2D eigenvalue weighted by molar-refractivity contribution is -0.137. The van der Waals surface area contributed by atoms with Gasteiger partial charge in [-0.2, -0.15) is 13.2 Å². The van der Waals surface area contributed by atoms with Gasteiger partial charge in [0.1, 0.15) is 23.2 Å². The molecule has 212 valence electrons. The first kappa shape index (κ1) is 29.5. The number of hydrogen-bond acceptors (Lipinski definition) is 1. The van der Waals surface area contributed by atoms with Crippen LogP contribution in [-0.4, -0.2) is 6.61 Å². The number of fused-ring (bicyclic) bond motifs is 1. The largest absolute Gasteiger partial charge is 0.493 e. The fourth-order valence-corrected chi connectivity index (χ4v) is 4.76. The standard InChI is InChI=1S/C33H32F6O/c1-2-3-4-5-18-40-27-20-30(34)29(31(35)21-27)17-10-23-9-16-28-25(19-23)13-12-24(32(28)36)11-6-22-7-14-26(15-8-22)33(37,38)39/h7-9,12-16,19-21H,2-6,10-11,17-18H2,1H3. The molecule has 0 amide bonds. The Bertz CT molecular complexity index is 1400. The van der Waals surface area contributed by atoms with Crippen LogP contribution in [0.2, 0.25) is 0 Å². The summed E-state index contributed by atoms with van der Waals surface area (Å²) in [7, 11) is 0. The highest BCUT2D eigenvalue weighted by Crippen LogP contribution is 2.30. The number of ether oxygens (including phenoxy) is 1. The maximum Gasteiger partial charge on any atom is 0.416 e. The highest BCUT2D eigenvalue weighted by molar-refractivity contribution is 5.84. The molecule has 0 N–H and O–H groups in total. The van der Waals surface area contributed by atoms with Crippen LogP contribution in [0, 0.1) is 17.5 Å². The molecular formula is C33H32F6O. The van der Waals surface area contributed by atoms with Gasteiger partial charge in [0.25, 0.3) is 0 Å². The Hall–Kier alpha value is -3.48. The van der Waals surface area contributed by atoms with Gasteiger partial charge in [-0.3, -0.25) is 0 Å². The van der Waals surface area contributed by atoms with E-state index in [1.54, 1.807) is 24.3 Å². The minimum Gasteiger partial charge on any atom is -0.493 e. The zero-order valence-corrected chi connectivity index (χ0v) is 22.4. The van der Waals surface area contributed by atoms with E-state index in [9.17, 15) is 22.0 Å². The number of benzene rings is 4. The first-order chi connectivity index (χ1) is 19.2. The van der Waals surface area contributed by atoms with Crippen molar-refractivity contribution in [3.05, 3.63) is 112 Å². The van der Waals surface area contributed by atoms with E-state index in [4.69, 9.17) is 4.74 Å². The molecule has 4 rings (SSSR count). The van der Waals surface area contributed by atoms with E-state index < -0.39 is 23.4 Å². The lowest BCUT2D eigenvalue weighted by Gasteiger charge is -2.11. The fraction of sp³-hybridized carbons (Fsp3) is 0.333. The fourth-order valence-electron chi connectivity index (χ4n) is 4.76. The van der Waals surface area contributed by atoms with Crippen LogP contribution in [0.25, 0.3) is 10.8 Å². The average molecular weight is 559 g/mol. The van der Waals surface area contributed by atoms with Gasteiger partial charge in [0.2, 0.25) is 0 Å². The number of rotatable bonds is 12. The van der Waals surface area contributed by atoms with Crippen molar-refractivity contribution in [3.8, 4) is 5.75 Å². The van der Waals surface area contributed by atoms with E-state index in [0.717, 1.165) is 43.4 Å². The SMILES string of the molecule is CCCCCCOc1cc(F)c(CCc2ccc3c(F)c(CCc4ccc(C(F)(F)F)cc4)ccc3c2)c(F)c1. The molecule has 7 heteroatoms. The van der Waals surface area contributed by atoms with Gasteiger partial charge < -0.3 is 4.74 Å². The maximum atomic E-state index is 15.2. The lowest BCUT2D eigenvalue weighted by atomic mass is 9.97. The molecular weight excluding hydrogens is 526 g/mol. The van der Waals surface area contributed by atoms with Crippen LogP contribution in [0.3, 0.4) is 0 Å². The van der Waals surface area contributed by atoms with Crippen molar-refractivity contribution < 1.29 is 31.1 Å². The zero-order chi connectivity index (χ0) is 28.7. The van der Waals surface area contributed by atoms with Crippen molar-refractivity contribution in [2.75, 3.05) is 6.61 Å². The first-order valence-electron chi connectivity index (χ1n) is 13.6. The first-order valence-corrected chi connectivity index (χ1v) is 13.6. The molecule has 0 saturated heterocycles. The molecule has 0 atom stereocenters. The molecule has 0 unspecified atom stereocenters. The molecule has 0 spiro atoms. The second kappa shape index (κ2) is 13.2. The summed E-state index contributed by atoms with van der Waals surface area (Å²) in [4.78, 5) is 0. The summed E-state index contributed by atoms with van der Waals surface area (Å²) >= 11 is 0.